The minimum absolute atomic E-state index is 0.750. The molecule has 0 amide bonds. The minimum atomic E-state index is 0.750. The molecule has 0 radical (unpaired) electrons. The summed E-state index contributed by atoms with van der Waals surface area (Å²) >= 11 is 0. The number of ether oxygens (including phenoxy) is 1. The van der Waals surface area contributed by atoms with Gasteiger partial charge >= 0.3 is 0 Å². The van der Waals surface area contributed by atoms with Crippen molar-refractivity contribution in [3.05, 3.63) is 53.9 Å². The van der Waals surface area contributed by atoms with Crippen LogP contribution in [0.15, 0.2) is 42.7 Å². The average Bonchev–Trinajstić information content (AvgIpc) is 2.38. The van der Waals surface area contributed by atoms with E-state index in [0.29, 0.717) is 0 Å². The Kier molecular flexibility index (Phi) is 3.60. The molecule has 0 aliphatic heterocycles. The van der Waals surface area contributed by atoms with E-state index in [4.69, 9.17) is 4.74 Å². The molecule has 0 aliphatic rings. The van der Waals surface area contributed by atoms with Crippen molar-refractivity contribution in [3.8, 4) is 5.75 Å². The van der Waals surface area contributed by atoms with E-state index in [-0.39, 0.29) is 0 Å². The van der Waals surface area contributed by atoms with E-state index in [1.165, 1.54) is 11.1 Å². The molecule has 0 unspecified atom stereocenters. The largest absolute Gasteiger partial charge is 0.495 e. The van der Waals surface area contributed by atoms with Crippen molar-refractivity contribution in [2.45, 2.75) is 13.5 Å². The molecule has 2 aromatic rings. The van der Waals surface area contributed by atoms with Gasteiger partial charge < -0.3 is 10.1 Å². The number of hydrogen-bond acceptors (Lipinski definition) is 3. The minimum Gasteiger partial charge on any atom is -0.495 e. The van der Waals surface area contributed by atoms with Crippen LogP contribution in [-0.2, 0) is 6.54 Å². The van der Waals surface area contributed by atoms with E-state index < -0.39 is 0 Å². The van der Waals surface area contributed by atoms with Crippen LogP contribution in [-0.4, -0.2) is 12.1 Å². The fourth-order valence-electron chi connectivity index (χ4n) is 1.66. The van der Waals surface area contributed by atoms with Gasteiger partial charge in [0, 0.05) is 18.9 Å². The van der Waals surface area contributed by atoms with Gasteiger partial charge in [-0.2, -0.15) is 0 Å². The van der Waals surface area contributed by atoms with E-state index in [2.05, 4.69) is 17.2 Å². The second-order valence-corrected chi connectivity index (χ2v) is 3.86. The Labute approximate surface area is 101 Å². The van der Waals surface area contributed by atoms with Gasteiger partial charge in [0.05, 0.1) is 12.8 Å². The number of rotatable bonds is 4. The van der Waals surface area contributed by atoms with Crippen LogP contribution in [0.3, 0.4) is 0 Å². The van der Waals surface area contributed by atoms with Gasteiger partial charge in [-0.3, -0.25) is 4.98 Å². The van der Waals surface area contributed by atoms with Crippen molar-refractivity contribution in [3.63, 3.8) is 0 Å². The summed E-state index contributed by atoms with van der Waals surface area (Å²) in [7, 11) is 1.68. The molecule has 88 valence electrons. The Morgan fingerprint density at radius 3 is 2.82 bits per heavy atom. The number of hydrogen-bond donors (Lipinski definition) is 1. The third kappa shape index (κ3) is 2.75. The number of benzene rings is 1. The SMILES string of the molecule is COc1ccccc1NCc1cnccc1C. The normalized spacial score (nSPS) is 10.0. The molecule has 0 spiro atoms. The smallest absolute Gasteiger partial charge is 0.141 e. The topological polar surface area (TPSA) is 34.1 Å². The van der Waals surface area contributed by atoms with Gasteiger partial charge in [0.2, 0.25) is 0 Å². The van der Waals surface area contributed by atoms with Crippen LogP contribution >= 0.6 is 0 Å². The van der Waals surface area contributed by atoms with Gasteiger partial charge in [-0.15, -0.1) is 0 Å². The molecule has 0 atom stereocenters. The van der Waals surface area contributed by atoms with Crippen molar-refractivity contribution in [2.75, 3.05) is 12.4 Å². The highest BCUT2D eigenvalue weighted by molar-refractivity contribution is 5.56. The fraction of sp³-hybridized carbons (Fsp3) is 0.214. The summed E-state index contributed by atoms with van der Waals surface area (Å²) in [4.78, 5) is 4.13. The molecule has 3 heteroatoms. The van der Waals surface area contributed by atoms with Crippen molar-refractivity contribution < 1.29 is 4.74 Å². The van der Waals surface area contributed by atoms with Crippen LogP contribution in [0.4, 0.5) is 5.69 Å². The summed E-state index contributed by atoms with van der Waals surface area (Å²) in [5.41, 5.74) is 3.43. The van der Waals surface area contributed by atoms with E-state index in [1.807, 2.05) is 42.7 Å². The average molecular weight is 228 g/mol. The second kappa shape index (κ2) is 5.34. The molecule has 1 N–H and O–H groups in total. The quantitative estimate of drug-likeness (QED) is 0.873. The number of para-hydroxylation sites is 2. The molecule has 1 heterocycles. The molecule has 3 nitrogen and oxygen atoms in total. The maximum absolute atomic E-state index is 5.29. The predicted octanol–water partition coefficient (Wildman–Crippen LogP) is 3.01. The monoisotopic (exact) mass is 228 g/mol. The van der Waals surface area contributed by atoms with Crippen molar-refractivity contribution >= 4 is 5.69 Å². The zero-order valence-corrected chi connectivity index (χ0v) is 10.1. The number of nitrogens with one attached hydrogen (secondary N) is 1. The first-order valence-corrected chi connectivity index (χ1v) is 5.57. The maximum atomic E-state index is 5.29. The molecule has 2 rings (SSSR count). The molecule has 0 bridgehead atoms. The first kappa shape index (κ1) is 11.5. The van der Waals surface area contributed by atoms with Crippen LogP contribution in [0.25, 0.3) is 0 Å². The number of pyridine rings is 1. The fourth-order valence-corrected chi connectivity index (χ4v) is 1.66. The number of aryl methyl sites for hydroxylation is 1. The summed E-state index contributed by atoms with van der Waals surface area (Å²) in [6, 6.07) is 9.91. The van der Waals surface area contributed by atoms with E-state index >= 15 is 0 Å². The van der Waals surface area contributed by atoms with Crippen molar-refractivity contribution in [1.82, 2.24) is 4.98 Å². The van der Waals surface area contributed by atoms with Gasteiger partial charge in [0.25, 0.3) is 0 Å². The molecule has 0 fully saturated rings. The maximum Gasteiger partial charge on any atom is 0.141 e. The van der Waals surface area contributed by atoms with Gasteiger partial charge in [-0.1, -0.05) is 12.1 Å². The van der Waals surface area contributed by atoms with Gasteiger partial charge in [-0.25, -0.2) is 0 Å². The lowest BCUT2D eigenvalue weighted by atomic mass is 10.1. The van der Waals surface area contributed by atoms with Gasteiger partial charge in [-0.05, 0) is 36.2 Å². The first-order valence-electron chi connectivity index (χ1n) is 5.57. The highest BCUT2D eigenvalue weighted by atomic mass is 16.5. The van der Waals surface area contributed by atoms with Crippen LogP contribution in [0.5, 0.6) is 5.75 Å². The van der Waals surface area contributed by atoms with Crippen molar-refractivity contribution in [2.24, 2.45) is 0 Å². The summed E-state index contributed by atoms with van der Waals surface area (Å²) < 4.78 is 5.29. The van der Waals surface area contributed by atoms with Crippen molar-refractivity contribution in [1.29, 1.82) is 0 Å². The van der Waals surface area contributed by atoms with E-state index in [1.54, 1.807) is 7.11 Å². The zero-order valence-electron chi connectivity index (χ0n) is 10.1. The number of anilines is 1. The highest BCUT2D eigenvalue weighted by Crippen LogP contribution is 2.23. The molecule has 0 saturated carbocycles. The third-order valence-corrected chi connectivity index (χ3v) is 2.72. The Balaban J connectivity index is 2.10. The Morgan fingerprint density at radius 1 is 1.24 bits per heavy atom. The van der Waals surface area contributed by atoms with Crippen LogP contribution in [0.2, 0.25) is 0 Å². The summed E-state index contributed by atoms with van der Waals surface area (Å²) in [6.45, 7) is 2.83. The third-order valence-electron chi connectivity index (χ3n) is 2.72. The lowest BCUT2D eigenvalue weighted by Crippen LogP contribution is -2.03. The Hall–Kier alpha value is -2.03. The van der Waals surface area contributed by atoms with E-state index in [9.17, 15) is 0 Å². The van der Waals surface area contributed by atoms with E-state index in [0.717, 1.165) is 18.0 Å². The van der Waals surface area contributed by atoms with Gasteiger partial charge in [0.15, 0.2) is 0 Å². The molecule has 0 aliphatic carbocycles. The van der Waals surface area contributed by atoms with Gasteiger partial charge in [0.1, 0.15) is 5.75 Å². The Bertz CT molecular complexity index is 497. The standard InChI is InChI=1S/C14H16N2O/c1-11-7-8-15-9-12(11)10-16-13-5-3-4-6-14(13)17-2/h3-9,16H,10H2,1-2H3. The molecule has 0 saturated heterocycles. The zero-order chi connectivity index (χ0) is 12.1. The Morgan fingerprint density at radius 2 is 2.06 bits per heavy atom. The van der Waals surface area contributed by atoms with Crippen LogP contribution in [0, 0.1) is 6.92 Å². The molecular weight excluding hydrogens is 212 g/mol. The highest BCUT2D eigenvalue weighted by Gasteiger charge is 2.02. The lowest BCUT2D eigenvalue weighted by molar-refractivity contribution is 0.416. The summed E-state index contributed by atoms with van der Waals surface area (Å²) in [6.07, 6.45) is 3.69. The second-order valence-electron chi connectivity index (χ2n) is 3.86. The number of methoxy groups -OCH3 is 1. The summed E-state index contributed by atoms with van der Waals surface area (Å²) in [5, 5.41) is 3.36. The first-order chi connectivity index (χ1) is 8.31. The van der Waals surface area contributed by atoms with Crippen LogP contribution in [0.1, 0.15) is 11.1 Å². The molecule has 17 heavy (non-hydrogen) atoms. The summed E-state index contributed by atoms with van der Waals surface area (Å²) in [5.74, 6) is 0.856. The number of nitrogens with zero attached hydrogens (tertiary/aromatic N) is 1. The van der Waals surface area contributed by atoms with Crippen LogP contribution < -0.4 is 10.1 Å². The molecule has 1 aromatic heterocycles. The molecule has 1 aromatic carbocycles. The number of aromatic nitrogens is 1. The lowest BCUT2D eigenvalue weighted by Gasteiger charge is -2.11. The predicted molar refractivity (Wildman–Crippen MR) is 69.3 cm³/mol. The molecular formula is C14H16N2O.